The van der Waals surface area contributed by atoms with Crippen molar-refractivity contribution in [2.45, 2.75) is 31.4 Å². The van der Waals surface area contributed by atoms with Gasteiger partial charge in [-0.25, -0.2) is 0 Å². The van der Waals surface area contributed by atoms with Crippen LogP contribution in [0, 0.1) is 17.2 Å². The van der Waals surface area contributed by atoms with E-state index in [0.717, 1.165) is 19.3 Å². The van der Waals surface area contributed by atoms with Crippen LogP contribution >= 0.6 is 11.8 Å². The van der Waals surface area contributed by atoms with E-state index in [-0.39, 0.29) is 11.0 Å². The average Bonchev–Trinajstić information content (AvgIpc) is 2.34. The lowest BCUT2D eigenvalue weighted by Crippen LogP contribution is -1.99. The molecule has 1 rings (SSSR count). The summed E-state index contributed by atoms with van der Waals surface area (Å²) in [4.78, 5) is 10.7. The van der Waals surface area contributed by atoms with Gasteiger partial charge in [0.05, 0.1) is 6.07 Å². The molecule has 0 aromatic carbocycles. The Morgan fingerprint density at radius 2 is 2.36 bits per heavy atom. The molecule has 0 spiro atoms. The SMILES string of the molecule is CC(=O)SC1CCC(C#N)C1. The number of nitrogens with zero attached hydrogens (tertiary/aromatic N) is 1. The van der Waals surface area contributed by atoms with Crippen LogP contribution in [-0.2, 0) is 4.79 Å². The molecule has 0 bridgehead atoms. The highest BCUT2D eigenvalue weighted by atomic mass is 32.2. The number of hydrogen-bond acceptors (Lipinski definition) is 3. The van der Waals surface area contributed by atoms with Crippen LogP contribution in [0.1, 0.15) is 26.2 Å². The molecule has 0 N–H and O–H groups in total. The van der Waals surface area contributed by atoms with Crippen molar-refractivity contribution in [3.8, 4) is 6.07 Å². The van der Waals surface area contributed by atoms with Gasteiger partial charge in [-0.3, -0.25) is 4.79 Å². The summed E-state index contributed by atoms with van der Waals surface area (Å²) in [5.74, 6) is 0.201. The van der Waals surface area contributed by atoms with E-state index in [1.165, 1.54) is 11.8 Å². The quantitative estimate of drug-likeness (QED) is 0.602. The van der Waals surface area contributed by atoms with Gasteiger partial charge in [-0.15, -0.1) is 0 Å². The second-order valence-corrected chi connectivity index (χ2v) is 4.35. The lowest BCUT2D eigenvalue weighted by atomic mass is 10.1. The first kappa shape index (κ1) is 8.61. The topological polar surface area (TPSA) is 40.9 Å². The highest BCUT2D eigenvalue weighted by Gasteiger charge is 2.25. The van der Waals surface area contributed by atoms with Crippen LogP contribution < -0.4 is 0 Å². The van der Waals surface area contributed by atoms with Gasteiger partial charge in [0.2, 0.25) is 0 Å². The van der Waals surface area contributed by atoms with Gasteiger partial charge in [-0.05, 0) is 19.3 Å². The Bertz CT molecular complexity index is 197. The molecule has 2 atom stereocenters. The van der Waals surface area contributed by atoms with Gasteiger partial charge in [0, 0.05) is 18.1 Å². The number of hydrogen-bond donors (Lipinski definition) is 0. The molecule has 1 aliphatic carbocycles. The summed E-state index contributed by atoms with van der Waals surface area (Å²) in [5, 5.41) is 9.16. The van der Waals surface area contributed by atoms with E-state index in [2.05, 4.69) is 6.07 Å². The number of carbonyl (C=O) groups excluding carboxylic acids is 1. The van der Waals surface area contributed by atoms with Crippen LogP contribution in [0.4, 0.5) is 0 Å². The van der Waals surface area contributed by atoms with E-state index in [1.807, 2.05) is 0 Å². The van der Waals surface area contributed by atoms with Gasteiger partial charge < -0.3 is 0 Å². The second kappa shape index (κ2) is 3.77. The van der Waals surface area contributed by atoms with Crippen molar-refractivity contribution < 1.29 is 4.79 Å². The highest BCUT2D eigenvalue weighted by molar-refractivity contribution is 8.14. The van der Waals surface area contributed by atoms with Crippen molar-refractivity contribution in [1.29, 1.82) is 5.26 Å². The van der Waals surface area contributed by atoms with Crippen molar-refractivity contribution >= 4 is 16.9 Å². The van der Waals surface area contributed by atoms with E-state index in [0.29, 0.717) is 5.25 Å². The summed E-state index contributed by atoms with van der Waals surface area (Å²) in [7, 11) is 0. The molecular weight excluding hydrogens is 158 g/mol. The number of carbonyl (C=O) groups is 1. The van der Waals surface area contributed by atoms with Crippen LogP contribution in [-0.4, -0.2) is 10.4 Å². The predicted octanol–water partition coefficient (Wildman–Crippen LogP) is 1.96. The molecule has 3 heteroatoms. The number of thioether (sulfide) groups is 1. The summed E-state index contributed by atoms with van der Waals surface area (Å²) >= 11 is 1.39. The van der Waals surface area contributed by atoms with Gasteiger partial charge >= 0.3 is 0 Å². The maximum atomic E-state index is 10.7. The van der Waals surface area contributed by atoms with Crippen molar-refractivity contribution in [2.24, 2.45) is 5.92 Å². The number of nitriles is 1. The lowest BCUT2D eigenvalue weighted by Gasteiger charge is -2.03. The molecule has 0 amide bonds. The minimum absolute atomic E-state index is 0.175. The van der Waals surface area contributed by atoms with Crippen molar-refractivity contribution in [3.63, 3.8) is 0 Å². The van der Waals surface area contributed by atoms with Crippen LogP contribution in [0.5, 0.6) is 0 Å². The van der Waals surface area contributed by atoms with E-state index >= 15 is 0 Å². The monoisotopic (exact) mass is 169 g/mol. The molecule has 2 nitrogen and oxygen atoms in total. The molecular formula is C8H11NOS. The fourth-order valence-corrected chi connectivity index (χ4v) is 2.45. The Kier molecular flexibility index (Phi) is 2.95. The van der Waals surface area contributed by atoms with Crippen LogP contribution in [0.25, 0.3) is 0 Å². The predicted molar refractivity (Wildman–Crippen MR) is 45.0 cm³/mol. The molecule has 11 heavy (non-hydrogen) atoms. The van der Waals surface area contributed by atoms with Gasteiger partial charge in [-0.2, -0.15) is 5.26 Å². The van der Waals surface area contributed by atoms with Gasteiger partial charge in [0.1, 0.15) is 0 Å². The standard InChI is InChI=1S/C8H11NOS/c1-6(10)11-8-3-2-7(4-8)5-9/h7-8H,2-4H2,1H3. The first-order chi connectivity index (χ1) is 5.22. The fraction of sp³-hybridized carbons (Fsp3) is 0.750. The molecule has 1 aliphatic rings. The Balaban J connectivity index is 2.31. The zero-order chi connectivity index (χ0) is 8.27. The first-order valence-corrected chi connectivity index (χ1v) is 4.67. The molecule has 0 saturated heterocycles. The fourth-order valence-electron chi connectivity index (χ4n) is 1.40. The van der Waals surface area contributed by atoms with Gasteiger partial charge in [0.25, 0.3) is 0 Å². The molecule has 2 unspecified atom stereocenters. The maximum absolute atomic E-state index is 10.7. The van der Waals surface area contributed by atoms with Crippen molar-refractivity contribution in [3.05, 3.63) is 0 Å². The lowest BCUT2D eigenvalue weighted by molar-refractivity contribution is -0.109. The molecule has 0 aliphatic heterocycles. The minimum Gasteiger partial charge on any atom is -0.288 e. The van der Waals surface area contributed by atoms with Gasteiger partial charge in [0.15, 0.2) is 5.12 Å². The molecule has 0 aromatic heterocycles. The van der Waals surface area contributed by atoms with Crippen LogP contribution in [0.2, 0.25) is 0 Å². The Morgan fingerprint density at radius 3 is 2.82 bits per heavy atom. The minimum atomic E-state index is 0.175. The largest absolute Gasteiger partial charge is 0.288 e. The summed E-state index contributed by atoms with van der Waals surface area (Å²) in [6.07, 6.45) is 2.91. The Hall–Kier alpha value is -0.490. The molecule has 0 aromatic rings. The first-order valence-electron chi connectivity index (χ1n) is 3.79. The Labute approximate surface area is 71.0 Å². The molecule has 1 fully saturated rings. The average molecular weight is 169 g/mol. The zero-order valence-corrected chi connectivity index (χ0v) is 7.36. The maximum Gasteiger partial charge on any atom is 0.186 e. The number of rotatable bonds is 1. The van der Waals surface area contributed by atoms with Crippen LogP contribution in [0.3, 0.4) is 0 Å². The van der Waals surface area contributed by atoms with Crippen LogP contribution in [0.15, 0.2) is 0 Å². The molecule has 1 saturated carbocycles. The third kappa shape index (κ3) is 2.55. The van der Waals surface area contributed by atoms with Gasteiger partial charge in [-0.1, -0.05) is 11.8 Å². The second-order valence-electron chi connectivity index (χ2n) is 2.87. The third-order valence-corrected chi connectivity index (χ3v) is 2.99. The summed E-state index contributed by atoms with van der Waals surface area (Å²) in [6.45, 7) is 1.59. The summed E-state index contributed by atoms with van der Waals surface area (Å²) in [6, 6.07) is 2.24. The normalized spacial score (nSPS) is 29.8. The van der Waals surface area contributed by atoms with Crippen molar-refractivity contribution in [1.82, 2.24) is 0 Å². The summed E-state index contributed by atoms with van der Waals surface area (Å²) < 4.78 is 0. The van der Waals surface area contributed by atoms with E-state index < -0.39 is 0 Å². The van der Waals surface area contributed by atoms with Crippen molar-refractivity contribution in [2.75, 3.05) is 0 Å². The Morgan fingerprint density at radius 1 is 1.64 bits per heavy atom. The molecule has 60 valence electrons. The highest BCUT2D eigenvalue weighted by Crippen LogP contribution is 2.33. The zero-order valence-electron chi connectivity index (χ0n) is 6.54. The smallest absolute Gasteiger partial charge is 0.186 e. The van der Waals surface area contributed by atoms with E-state index in [9.17, 15) is 4.79 Å². The third-order valence-electron chi connectivity index (χ3n) is 1.90. The van der Waals surface area contributed by atoms with E-state index in [1.54, 1.807) is 6.92 Å². The van der Waals surface area contributed by atoms with E-state index in [4.69, 9.17) is 5.26 Å². The molecule has 0 heterocycles. The molecule has 0 radical (unpaired) electrons. The summed E-state index contributed by atoms with van der Waals surface area (Å²) in [5.41, 5.74) is 0.